The minimum absolute atomic E-state index is 0.152. The Morgan fingerprint density at radius 2 is 0.870 bits per heavy atom. The molecule has 0 aliphatic heterocycles. The van der Waals surface area contributed by atoms with Crippen molar-refractivity contribution in [3.63, 3.8) is 0 Å². The molecule has 0 saturated carbocycles. The molecule has 0 aliphatic carbocycles. The van der Waals surface area contributed by atoms with E-state index in [1.807, 2.05) is 41.5 Å². The Kier molecular flexibility index (Phi) is 4.89. The van der Waals surface area contributed by atoms with Gasteiger partial charge in [0.2, 0.25) is 0 Å². The van der Waals surface area contributed by atoms with E-state index in [9.17, 15) is 10.2 Å². The monoisotopic (exact) mass is 352 g/mol. The van der Waals surface area contributed by atoms with Gasteiger partial charge in [-0.15, -0.1) is 0 Å². The molecule has 0 amide bonds. The summed E-state index contributed by atoms with van der Waals surface area (Å²) in [4.78, 5) is 0. The maximum absolute atomic E-state index is 10.1. The number of hydrogen-bond acceptors (Lipinski definition) is 2. The quantitative estimate of drug-likeness (QED) is 0.711. The molecule has 0 atom stereocenters. The van der Waals surface area contributed by atoms with Crippen LogP contribution >= 0.6 is 23.2 Å². The molecule has 124 valence electrons. The van der Waals surface area contributed by atoms with E-state index in [1.54, 1.807) is 0 Å². The maximum atomic E-state index is 10.1. The molecule has 0 unspecified atom stereocenters. The van der Waals surface area contributed by atoms with Crippen molar-refractivity contribution in [2.45, 2.75) is 48.0 Å². The summed E-state index contributed by atoms with van der Waals surface area (Å²) in [5, 5.41) is 21.0. The van der Waals surface area contributed by atoms with Crippen molar-refractivity contribution < 1.29 is 10.2 Å². The first-order valence-corrected chi connectivity index (χ1v) is 8.29. The molecule has 0 aromatic heterocycles. The van der Waals surface area contributed by atoms with Crippen LogP contribution in [0.5, 0.6) is 11.5 Å². The van der Waals surface area contributed by atoms with E-state index in [1.165, 1.54) is 0 Å². The van der Waals surface area contributed by atoms with Crippen LogP contribution < -0.4 is 0 Å². The number of hydrogen-bond donors (Lipinski definition) is 2. The third-order valence-electron chi connectivity index (χ3n) is 5.07. The van der Waals surface area contributed by atoms with Crippen molar-refractivity contribution in [1.82, 2.24) is 0 Å². The highest BCUT2D eigenvalue weighted by atomic mass is 35.5. The largest absolute Gasteiger partial charge is 0.506 e. The molecule has 2 nitrogen and oxygen atoms in total. The average Bonchev–Trinajstić information content (AvgIpc) is 2.54. The highest BCUT2D eigenvalue weighted by molar-refractivity contribution is 6.33. The molecule has 4 heteroatoms. The minimum atomic E-state index is 0.152. The summed E-state index contributed by atoms with van der Waals surface area (Å²) in [6.45, 7) is 11.6. The van der Waals surface area contributed by atoms with Gasteiger partial charge in [0.25, 0.3) is 0 Å². The van der Waals surface area contributed by atoms with Crippen molar-refractivity contribution in [2.24, 2.45) is 0 Å². The molecular weight excluding hydrogens is 331 g/mol. The Morgan fingerprint density at radius 1 is 0.565 bits per heavy atom. The Hall–Kier alpha value is -1.38. The lowest BCUT2D eigenvalue weighted by atomic mass is 9.87. The van der Waals surface area contributed by atoms with E-state index in [0.717, 1.165) is 44.5 Å². The molecule has 0 spiro atoms. The fourth-order valence-electron chi connectivity index (χ4n) is 3.03. The summed E-state index contributed by atoms with van der Waals surface area (Å²) in [6, 6.07) is 0. The summed E-state index contributed by atoms with van der Waals surface area (Å²) in [5.41, 5.74) is 7.62. The van der Waals surface area contributed by atoms with E-state index >= 15 is 0 Å². The van der Waals surface area contributed by atoms with Crippen LogP contribution in [0.1, 0.15) is 44.5 Å². The number of rotatable bonds is 2. The van der Waals surface area contributed by atoms with E-state index in [0.29, 0.717) is 16.5 Å². The zero-order valence-electron chi connectivity index (χ0n) is 14.4. The van der Waals surface area contributed by atoms with Gasteiger partial charge >= 0.3 is 0 Å². The molecule has 2 aromatic carbocycles. The van der Waals surface area contributed by atoms with Crippen LogP contribution in [0.25, 0.3) is 0 Å². The van der Waals surface area contributed by atoms with Crippen LogP contribution in [0.3, 0.4) is 0 Å². The van der Waals surface area contributed by atoms with Gasteiger partial charge in [0, 0.05) is 0 Å². The highest BCUT2D eigenvalue weighted by Gasteiger charge is 2.20. The smallest absolute Gasteiger partial charge is 0.137 e. The van der Waals surface area contributed by atoms with Crippen LogP contribution in [0.4, 0.5) is 0 Å². The number of halogens is 2. The molecule has 0 saturated heterocycles. The molecule has 2 rings (SSSR count). The number of aromatic hydroxyl groups is 2. The molecule has 0 radical (unpaired) electrons. The topological polar surface area (TPSA) is 40.5 Å². The normalized spacial score (nSPS) is 11.1. The first kappa shape index (κ1) is 18.0. The second kappa shape index (κ2) is 6.26. The molecule has 0 bridgehead atoms. The second-order valence-electron chi connectivity index (χ2n) is 6.21. The van der Waals surface area contributed by atoms with Crippen LogP contribution in [-0.4, -0.2) is 10.2 Å². The summed E-state index contributed by atoms with van der Waals surface area (Å²) in [7, 11) is 0. The lowest BCUT2D eigenvalue weighted by Crippen LogP contribution is -2.04. The zero-order chi connectivity index (χ0) is 17.6. The maximum Gasteiger partial charge on any atom is 0.137 e. The van der Waals surface area contributed by atoms with Crippen LogP contribution in [-0.2, 0) is 6.42 Å². The Balaban J connectivity index is 2.71. The molecule has 23 heavy (non-hydrogen) atoms. The molecule has 0 aliphatic rings. The van der Waals surface area contributed by atoms with Crippen LogP contribution in [0.15, 0.2) is 0 Å². The summed E-state index contributed by atoms with van der Waals surface area (Å²) < 4.78 is 0. The number of phenolic OH excluding ortho intramolecular Hbond substituents is 2. The predicted molar refractivity (Wildman–Crippen MR) is 97.5 cm³/mol. The van der Waals surface area contributed by atoms with Crippen molar-refractivity contribution >= 4 is 23.2 Å². The Morgan fingerprint density at radius 3 is 1.17 bits per heavy atom. The van der Waals surface area contributed by atoms with Gasteiger partial charge in [-0.3, -0.25) is 0 Å². The van der Waals surface area contributed by atoms with Gasteiger partial charge in [-0.1, -0.05) is 23.2 Å². The summed E-state index contributed by atoms with van der Waals surface area (Å²) in [6.07, 6.45) is 0.664. The molecule has 2 aromatic rings. The fourth-order valence-corrected chi connectivity index (χ4v) is 3.54. The van der Waals surface area contributed by atoms with Gasteiger partial charge in [-0.25, -0.2) is 0 Å². The summed E-state index contributed by atoms with van der Waals surface area (Å²) >= 11 is 12.6. The van der Waals surface area contributed by atoms with Gasteiger partial charge in [0.15, 0.2) is 0 Å². The van der Waals surface area contributed by atoms with E-state index in [-0.39, 0.29) is 11.5 Å². The average molecular weight is 353 g/mol. The Labute approximate surface area is 147 Å². The lowest BCUT2D eigenvalue weighted by molar-refractivity contribution is 0.470. The standard InChI is InChI=1S/C19H22Cl2O2/c1-8-10(3)18(22)16(20)12(5)14(8)7-15-9(2)11(4)19(23)17(21)13(15)6/h22-23H,7H2,1-6H3. The lowest BCUT2D eigenvalue weighted by Gasteiger charge is -2.20. The summed E-state index contributed by atoms with van der Waals surface area (Å²) in [5.74, 6) is 0.303. The van der Waals surface area contributed by atoms with Crippen LogP contribution in [0.2, 0.25) is 10.0 Å². The van der Waals surface area contributed by atoms with Crippen molar-refractivity contribution in [2.75, 3.05) is 0 Å². The third kappa shape index (κ3) is 2.79. The van der Waals surface area contributed by atoms with Gasteiger partial charge in [0.05, 0.1) is 10.0 Å². The second-order valence-corrected chi connectivity index (χ2v) is 6.96. The first-order chi connectivity index (χ1) is 10.6. The van der Waals surface area contributed by atoms with Crippen molar-refractivity contribution in [3.8, 4) is 11.5 Å². The highest BCUT2D eigenvalue weighted by Crippen LogP contribution is 2.40. The molecule has 0 fully saturated rings. The van der Waals surface area contributed by atoms with Gasteiger partial charge in [-0.05, 0) is 92.5 Å². The predicted octanol–water partition coefficient (Wildman–Crippen LogP) is 5.85. The van der Waals surface area contributed by atoms with Crippen molar-refractivity contribution in [1.29, 1.82) is 0 Å². The van der Waals surface area contributed by atoms with Gasteiger partial charge < -0.3 is 10.2 Å². The third-order valence-corrected chi connectivity index (χ3v) is 6.00. The number of phenols is 2. The van der Waals surface area contributed by atoms with E-state index < -0.39 is 0 Å². The van der Waals surface area contributed by atoms with Crippen molar-refractivity contribution in [3.05, 3.63) is 54.6 Å². The zero-order valence-corrected chi connectivity index (χ0v) is 15.9. The van der Waals surface area contributed by atoms with Gasteiger partial charge in [-0.2, -0.15) is 0 Å². The van der Waals surface area contributed by atoms with E-state index in [2.05, 4.69) is 0 Å². The molecule has 0 heterocycles. The molecular formula is C19H22Cl2O2. The number of benzene rings is 2. The first-order valence-electron chi connectivity index (χ1n) is 7.53. The van der Waals surface area contributed by atoms with Gasteiger partial charge in [0.1, 0.15) is 11.5 Å². The Bertz CT molecular complexity index is 682. The SMILES string of the molecule is Cc1c(C)c(Cc2c(C)c(C)c(O)c(Cl)c2C)c(C)c(Cl)c1O. The fraction of sp³-hybridized carbons (Fsp3) is 0.368. The van der Waals surface area contributed by atoms with E-state index in [4.69, 9.17) is 23.2 Å². The molecule has 2 N–H and O–H groups in total. The minimum Gasteiger partial charge on any atom is -0.506 e. The van der Waals surface area contributed by atoms with Crippen LogP contribution in [0, 0.1) is 41.5 Å².